The summed E-state index contributed by atoms with van der Waals surface area (Å²) in [6, 6.07) is 0.180. The molecule has 0 amide bonds. The van der Waals surface area contributed by atoms with Crippen molar-refractivity contribution in [1.29, 1.82) is 0 Å². The van der Waals surface area contributed by atoms with Crippen LogP contribution in [0, 0.1) is 19.8 Å². The van der Waals surface area contributed by atoms with Crippen molar-refractivity contribution < 1.29 is 8.42 Å². The Labute approximate surface area is 127 Å². The summed E-state index contributed by atoms with van der Waals surface area (Å²) >= 11 is 0. The van der Waals surface area contributed by atoms with E-state index in [0.717, 1.165) is 12.2 Å². The van der Waals surface area contributed by atoms with Gasteiger partial charge in [-0.05, 0) is 26.7 Å². The molecule has 1 N–H and O–H groups in total. The number of nitrogens with zero attached hydrogens (tertiary/aromatic N) is 3. The standard InChI is InChI=1S/C14H26N4O2S/c1-10(2)8-18-13(5)14(12(4)16-18)21(19,20)17-7-6-15-11(3)9-17/h10-11,15H,6-9H2,1-5H3. The highest BCUT2D eigenvalue weighted by Crippen LogP contribution is 2.24. The summed E-state index contributed by atoms with van der Waals surface area (Å²) in [5.41, 5.74) is 1.34. The van der Waals surface area contributed by atoms with Crippen LogP contribution < -0.4 is 5.32 Å². The number of nitrogens with one attached hydrogen (secondary N) is 1. The molecule has 2 heterocycles. The molecule has 0 aromatic carbocycles. The van der Waals surface area contributed by atoms with Crippen LogP contribution >= 0.6 is 0 Å². The van der Waals surface area contributed by atoms with Gasteiger partial charge in [-0.25, -0.2) is 8.42 Å². The van der Waals surface area contributed by atoms with Gasteiger partial charge in [0.15, 0.2) is 0 Å². The van der Waals surface area contributed by atoms with Crippen molar-refractivity contribution in [3.63, 3.8) is 0 Å². The molecule has 1 aromatic heterocycles. The van der Waals surface area contributed by atoms with E-state index < -0.39 is 10.0 Å². The van der Waals surface area contributed by atoms with E-state index in [1.165, 1.54) is 0 Å². The fourth-order valence-electron chi connectivity index (χ4n) is 2.82. The summed E-state index contributed by atoms with van der Waals surface area (Å²) in [6.45, 7) is 12.3. The van der Waals surface area contributed by atoms with Gasteiger partial charge in [-0.15, -0.1) is 0 Å². The van der Waals surface area contributed by atoms with E-state index in [2.05, 4.69) is 24.3 Å². The van der Waals surface area contributed by atoms with Crippen LogP contribution in [-0.2, 0) is 16.6 Å². The fourth-order valence-corrected chi connectivity index (χ4v) is 4.72. The Balaban J connectivity index is 2.38. The quantitative estimate of drug-likeness (QED) is 0.905. The highest BCUT2D eigenvalue weighted by atomic mass is 32.2. The largest absolute Gasteiger partial charge is 0.312 e. The highest BCUT2D eigenvalue weighted by Gasteiger charge is 2.33. The first-order chi connectivity index (χ1) is 9.73. The molecule has 1 unspecified atom stereocenters. The molecule has 0 aliphatic carbocycles. The minimum absolute atomic E-state index is 0.180. The molecular weight excluding hydrogens is 288 g/mol. The van der Waals surface area contributed by atoms with E-state index >= 15 is 0 Å². The Morgan fingerprint density at radius 1 is 1.38 bits per heavy atom. The van der Waals surface area contributed by atoms with E-state index in [1.54, 1.807) is 11.2 Å². The predicted octanol–water partition coefficient (Wildman–Crippen LogP) is 1.14. The van der Waals surface area contributed by atoms with Gasteiger partial charge in [-0.1, -0.05) is 13.8 Å². The SMILES string of the molecule is Cc1nn(CC(C)C)c(C)c1S(=O)(=O)N1CCNC(C)C1. The Kier molecular flexibility index (Phi) is 4.75. The number of aryl methyl sites for hydroxylation is 1. The second kappa shape index (κ2) is 6.06. The number of rotatable bonds is 4. The first-order valence-corrected chi connectivity index (χ1v) is 8.95. The lowest BCUT2D eigenvalue weighted by atomic mass is 10.2. The topological polar surface area (TPSA) is 67.2 Å². The maximum atomic E-state index is 12.9. The summed E-state index contributed by atoms with van der Waals surface area (Å²) in [5.74, 6) is 0.428. The Bertz CT molecular complexity index is 607. The molecule has 120 valence electrons. The smallest absolute Gasteiger partial charge is 0.246 e. The van der Waals surface area contributed by atoms with Gasteiger partial charge in [-0.3, -0.25) is 4.68 Å². The molecule has 7 heteroatoms. The normalized spacial score (nSPS) is 21.1. The van der Waals surface area contributed by atoms with Gasteiger partial charge >= 0.3 is 0 Å². The summed E-state index contributed by atoms with van der Waals surface area (Å²) in [7, 11) is -3.46. The van der Waals surface area contributed by atoms with E-state index in [0.29, 0.717) is 36.1 Å². The van der Waals surface area contributed by atoms with Crippen molar-refractivity contribution in [3.8, 4) is 0 Å². The molecule has 6 nitrogen and oxygen atoms in total. The van der Waals surface area contributed by atoms with Crippen molar-refractivity contribution in [2.75, 3.05) is 19.6 Å². The molecule has 1 saturated heterocycles. The average Bonchev–Trinajstić information content (AvgIpc) is 2.64. The lowest BCUT2D eigenvalue weighted by molar-refractivity contribution is 0.310. The van der Waals surface area contributed by atoms with Gasteiger partial charge in [0.2, 0.25) is 10.0 Å². The number of aromatic nitrogens is 2. The van der Waals surface area contributed by atoms with Crippen molar-refractivity contribution in [1.82, 2.24) is 19.4 Å². The van der Waals surface area contributed by atoms with Crippen molar-refractivity contribution >= 4 is 10.0 Å². The van der Waals surface area contributed by atoms with Crippen LogP contribution in [0.1, 0.15) is 32.2 Å². The van der Waals surface area contributed by atoms with Crippen LogP contribution in [0.25, 0.3) is 0 Å². The molecule has 1 aliphatic heterocycles. The van der Waals surface area contributed by atoms with Gasteiger partial charge in [-0.2, -0.15) is 9.40 Å². The first kappa shape index (κ1) is 16.5. The molecule has 1 atom stereocenters. The predicted molar refractivity (Wildman–Crippen MR) is 82.8 cm³/mol. The van der Waals surface area contributed by atoms with Gasteiger partial charge in [0, 0.05) is 32.2 Å². The minimum Gasteiger partial charge on any atom is -0.312 e. The number of piperazine rings is 1. The highest BCUT2D eigenvalue weighted by molar-refractivity contribution is 7.89. The van der Waals surface area contributed by atoms with Gasteiger partial charge in [0.25, 0.3) is 0 Å². The maximum Gasteiger partial charge on any atom is 0.246 e. The third-order valence-electron chi connectivity index (χ3n) is 3.78. The van der Waals surface area contributed by atoms with Crippen molar-refractivity contribution in [2.45, 2.75) is 52.1 Å². The summed E-state index contributed by atoms with van der Waals surface area (Å²) in [5, 5.41) is 7.69. The van der Waals surface area contributed by atoms with Crippen molar-refractivity contribution in [2.24, 2.45) is 5.92 Å². The van der Waals surface area contributed by atoms with Crippen molar-refractivity contribution in [3.05, 3.63) is 11.4 Å². The molecule has 21 heavy (non-hydrogen) atoms. The van der Waals surface area contributed by atoms with Crippen LogP contribution in [0.3, 0.4) is 0 Å². The number of sulfonamides is 1. The minimum atomic E-state index is -3.46. The van der Waals surface area contributed by atoms with E-state index in [-0.39, 0.29) is 6.04 Å². The zero-order chi connectivity index (χ0) is 15.8. The van der Waals surface area contributed by atoms with Crippen LogP contribution in [0.5, 0.6) is 0 Å². The molecular formula is C14H26N4O2S. The zero-order valence-electron chi connectivity index (χ0n) is 13.5. The average molecular weight is 314 g/mol. The first-order valence-electron chi connectivity index (χ1n) is 7.51. The lowest BCUT2D eigenvalue weighted by Gasteiger charge is -2.31. The summed E-state index contributed by atoms with van der Waals surface area (Å²) in [6.07, 6.45) is 0. The molecule has 1 aromatic rings. The van der Waals surface area contributed by atoms with Gasteiger partial charge in [0.1, 0.15) is 4.90 Å². The Morgan fingerprint density at radius 2 is 2.05 bits per heavy atom. The third kappa shape index (κ3) is 3.30. The van der Waals surface area contributed by atoms with E-state index in [9.17, 15) is 8.42 Å². The molecule has 2 rings (SSSR count). The second-order valence-corrected chi connectivity index (χ2v) is 8.17. The van der Waals surface area contributed by atoms with Crippen LogP contribution in [0.15, 0.2) is 4.90 Å². The third-order valence-corrected chi connectivity index (χ3v) is 5.90. The van der Waals surface area contributed by atoms with Crippen LogP contribution in [-0.4, -0.2) is 48.2 Å². The summed E-state index contributed by atoms with van der Waals surface area (Å²) in [4.78, 5) is 0.386. The molecule has 0 saturated carbocycles. The molecule has 0 bridgehead atoms. The van der Waals surface area contributed by atoms with Gasteiger partial charge in [0.05, 0.1) is 11.4 Å². The number of hydrogen-bond donors (Lipinski definition) is 1. The zero-order valence-corrected chi connectivity index (χ0v) is 14.4. The second-order valence-electron chi connectivity index (χ2n) is 6.29. The Morgan fingerprint density at radius 3 is 2.62 bits per heavy atom. The van der Waals surface area contributed by atoms with Crippen LogP contribution in [0.4, 0.5) is 0 Å². The molecule has 0 radical (unpaired) electrons. The molecule has 0 spiro atoms. The fraction of sp³-hybridized carbons (Fsp3) is 0.786. The van der Waals surface area contributed by atoms with Gasteiger partial charge < -0.3 is 5.32 Å². The Hall–Kier alpha value is -0.920. The monoisotopic (exact) mass is 314 g/mol. The lowest BCUT2D eigenvalue weighted by Crippen LogP contribution is -2.51. The number of hydrogen-bond acceptors (Lipinski definition) is 4. The molecule has 1 aliphatic rings. The van der Waals surface area contributed by atoms with Crippen LogP contribution in [0.2, 0.25) is 0 Å². The van der Waals surface area contributed by atoms with E-state index in [4.69, 9.17) is 0 Å². The maximum absolute atomic E-state index is 12.9. The summed E-state index contributed by atoms with van der Waals surface area (Å²) < 4.78 is 29.2. The molecule has 1 fully saturated rings. The van der Waals surface area contributed by atoms with E-state index in [1.807, 2.05) is 18.5 Å².